The van der Waals surface area contributed by atoms with Crippen molar-refractivity contribution >= 4 is 29.4 Å². The number of thioether (sulfide) groups is 1. The number of aliphatic hydroxyl groups is 1. The van der Waals surface area contributed by atoms with Crippen molar-refractivity contribution in [3.05, 3.63) is 29.3 Å². The van der Waals surface area contributed by atoms with Gasteiger partial charge in [-0.05, 0) is 43.0 Å². The molecule has 3 N–H and O–H groups in total. The van der Waals surface area contributed by atoms with E-state index < -0.39 is 0 Å². The minimum Gasteiger partial charge on any atom is -0.393 e. The highest BCUT2D eigenvalue weighted by Gasteiger charge is 2.20. The Hall–Kier alpha value is -0.910. The fourth-order valence-corrected chi connectivity index (χ4v) is 3.01. The molecule has 0 heterocycles. The van der Waals surface area contributed by atoms with Crippen LogP contribution in [0.4, 0.5) is 4.79 Å². The smallest absolute Gasteiger partial charge is 0.314 e. The maximum absolute atomic E-state index is 11.7. The second kappa shape index (κ2) is 9.28. The van der Waals surface area contributed by atoms with Crippen LogP contribution < -0.4 is 10.6 Å². The summed E-state index contributed by atoms with van der Waals surface area (Å²) in [6.45, 7) is 6.94. The molecule has 6 heteroatoms. The Morgan fingerprint density at radius 3 is 2.55 bits per heavy atom. The van der Waals surface area contributed by atoms with Crippen molar-refractivity contribution in [3.63, 3.8) is 0 Å². The van der Waals surface area contributed by atoms with E-state index in [0.29, 0.717) is 19.5 Å². The average Bonchev–Trinajstić information content (AvgIpc) is 2.42. The van der Waals surface area contributed by atoms with Gasteiger partial charge in [-0.3, -0.25) is 0 Å². The van der Waals surface area contributed by atoms with E-state index in [0.717, 1.165) is 15.7 Å². The monoisotopic (exact) mass is 344 g/mol. The summed E-state index contributed by atoms with van der Waals surface area (Å²) in [5.41, 5.74) is -0.121. The molecule has 1 aromatic rings. The third kappa shape index (κ3) is 8.51. The minimum absolute atomic E-state index is 0.121. The minimum atomic E-state index is -0.365. The molecule has 0 saturated heterocycles. The molecule has 1 unspecified atom stereocenters. The van der Waals surface area contributed by atoms with Crippen molar-refractivity contribution in [2.75, 3.05) is 18.8 Å². The zero-order chi connectivity index (χ0) is 16.6. The standard InChI is InChI=1S/C16H25ClN2O2S/c1-12(20)10-16(2,3)11-19-15(21)18-8-9-22-14-6-4-13(17)5-7-14/h4-7,12,20H,8-11H2,1-3H3,(H2,18,19,21). The Balaban J connectivity index is 2.17. The van der Waals surface area contributed by atoms with Crippen molar-refractivity contribution in [1.82, 2.24) is 10.6 Å². The van der Waals surface area contributed by atoms with E-state index >= 15 is 0 Å². The molecule has 1 atom stereocenters. The number of halogens is 1. The number of amides is 2. The van der Waals surface area contributed by atoms with E-state index in [1.165, 1.54) is 0 Å². The maximum atomic E-state index is 11.7. The van der Waals surface area contributed by atoms with E-state index in [1.807, 2.05) is 38.1 Å². The van der Waals surface area contributed by atoms with Crippen LogP contribution in [0, 0.1) is 5.41 Å². The molecule has 4 nitrogen and oxygen atoms in total. The first-order valence-electron chi connectivity index (χ1n) is 7.37. The van der Waals surface area contributed by atoms with Crippen LogP contribution in [0.1, 0.15) is 27.2 Å². The molecule has 0 saturated carbocycles. The molecule has 0 aliphatic rings. The number of aliphatic hydroxyl groups excluding tert-OH is 1. The zero-order valence-electron chi connectivity index (χ0n) is 13.4. The molecular weight excluding hydrogens is 320 g/mol. The van der Waals surface area contributed by atoms with Crippen molar-refractivity contribution in [3.8, 4) is 0 Å². The Labute approximate surface area is 142 Å². The fourth-order valence-electron chi connectivity index (χ4n) is 2.12. The number of carbonyl (C=O) groups is 1. The number of rotatable bonds is 8. The molecule has 22 heavy (non-hydrogen) atoms. The lowest BCUT2D eigenvalue weighted by molar-refractivity contribution is 0.129. The molecular formula is C16H25ClN2O2S. The first-order valence-corrected chi connectivity index (χ1v) is 8.73. The lowest BCUT2D eigenvalue weighted by Crippen LogP contribution is -2.42. The lowest BCUT2D eigenvalue weighted by atomic mass is 9.87. The molecule has 124 valence electrons. The van der Waals surface area contributed by atoms with Crippen molar-refractivity contribution in [2.24, 2.45) is 5.41 Å². The van der Waals surface area contributed by atoms with Crippen molar-refractivity contribution in [1.29, 1.82) is 0 Å². The van der Waals surface area contributed by atoms with Gasteiger partial charge in [-0.1, -0.05) is 25.4 Å². The van der Waals surface area contributed by atoms with Crippen LogP contribution in [-0.2, 0) is 0 Å². The van der Waals surface area contributed by atoms with Gasteiger partial charge in [0.05, 0.1) is 6.10 Å². The molecule has 0 spiro atoms. The fraction of sp³-hybridized carbons (Fsp3) is 0.562. The predicted molar refractivity (Wildman–Crippen MR) is 93.7 cm³/mol. The van der Waals surface area contributed by atoms with E-state index in [4.69, 9.17) is 11.6 Å². The molecule has 1 rings (SSSR count). The van der Waals surface area contributed by atoms with Gasteiger partial charge in [0.2, 0.25) is 0 Å². The van der Waals surface area contributed by atoms with E-state index in [2.05, 4.69) is 10.6 Å². The number of carbonyl (C=O) groups excluding carboxylic acids is 1. The third-order valence-corrected chi connectivity index (χ3v) is 4.31. The van der Waals surface area contributed by atoms with Crippen LogP contribution in [0.5, 0.6) is 0 Å². The van der Waals surface area contributed by atoms with Gasteiger partial charge in [0.1, 0.15) is 0 Å². The van der Waals surface area contributed by atoms with Crippen molar-refractivity contribution < 1.29 is 9.90 Å². The van der Waals surface area contributed by atoms with Crippen LogP contribution in [-0.4, -0.2) is 36.1 Å². The second-order valence-electron chi connectivity index (χ2n) is 6.13. The van der Waals surface area contributed by atoms with Crippen molar-refractivity contribution in [2.45, 2.75) is 38.2 Å². The molecule has 0 bridgehead atoms. The van der Waals surface area contributed by atoms with Crippen LogP contribution >= 0.6 is 23.4 Å². The molecule has 1 aromatic carbocycles. The molecule has 0 aliphatic carbocycles. The first kappa shape index (κ1) is 19.1. The van der Waals surface area contributed by atoms with E-state index in [-0.39, 0.29) is 17.6 Å². The zero-order valence-corrected chi connectivity index (χ0v) is 14.9. The summed E-state index contributed by atoms with van der Waals surface area (Å²) in [6.07, 6.45) is 0.287. The highest BCUT2D eigenvalue weighted by atomic mass is 35.5. The summed E-state index contributed by atoms with van der Waals surface area (Å²) in [5.74, 6) is 0.798. The third-order valence-electron chi connectivity index (χ3n) is 3.05. The normalized spacial score (nSPS) is 12.8. The predicted octanol–water partition coefficient (Wildman–Crippen LogP) is 3.53. The number of hydrogen-bond donors (Lipinski definition) is 3. The topological polar surface area (TPSA) is 61.4 Å². The van der Waals surface area contributed by atoms with E-state index in [1.54, 1.807) is 18.7 Å². The largest absolute Gasteiger partial charge is 0.393 e. The Bertz CT molecular complexity index is 464. The van der Waals surface area contributed by atoms with Crippen LogP contribution in [0.15, 0.2) is 29.2 Å². The Kier molecular flexibility index (Phi) is 8.07. The summed E-state index contributed by atoms with van der Waals surface area (Å²) in [5, 5.41) is 15.8. The van der Waals surface area contributed by atoms with Gasteiger partial charge in [0.15, 0.2) is 0 Å². The molecule has 0 fully saturated rings. The SMILES string of the molecule is CC(O)CC(C)(C)CNC(=O)NCCSc1ccc(Cl)cc1. The number of urea groups is 1. The van der Waals surface area contributed by atoms with E-state index in [9.17, 15) is 9.90 Å². The van der Waals surface area contributed by atoms with Gasteiger partial charge in [0.25, 0.3) is 0 Å². The molecule has 0 radical (unpaired) electrons. The van der Waals surface area contributed by atoms with Gasteiger partial charge in [-0.25, -0.2) is 4.79 Å². The van der Waals surface area contributed by atoms with Gasteiger partial charge in [0, 0.05) is 28.8 Å². The lowest BCUT2D eigenvalue weighted by Gasteiger charge is -2.26. The Morgan fingerprint density at radius 2 is 1.95 bits per heavy atom. The second-order valence-corrected chi connectivity index (χ2v) is 7.73. The number of benzene rings is 1. The van der Waals surface area contributed by atoms with Crippen LogP contribution in [0.2, 0.25) is 5.02 Å². The van der Waals surface area contributed by atoms with Gasteiger partial charge < -0.3 is 15.7 Å². The number of hydrogen-bond acceptors (Lipinski definition) is 3. The summed E-state index contributed by atoms with van der Waals surface area (Å²) >= 11 is 7.50. The first-order chi connectivity index (χ1) is 10.3. The summed E-state index contributed by atoms with van der Waals surface area (Å²) in [7, 11) is 0. The maximum Gasteiger partial charge on any atom is 0.314 e. The average molecular weight is 345 g/mol. The van der Waals surface area contributed by atoms with Crippen LogP contribution in [0.25, 0.3) is 0 Å². The Morgan fingerprint density at radius 1 is 1.32 bits per heavy atom. The van der Waals surface area contributed by atoms with Crippen LogP contribution in [0.3, 0.4) is 0 Å². The highest BCUT2D eigenvalue weighted by Crippen LogP contribution is 2.21. The van der Waals surface area contributed by atoms with Gasteiger partial charge in [-0.2, -0.15) is 0 Å². The molecule has 0 aromatic heterocycles. The van der Waals surface area contributed by atoms with Gasteiger partial charge in [-0.15, -0.1) is 11.8 Å². The van der Waals surface area contributed by atoms with Gasteiger partial charge >= 0.3 is 6.03 Å². The summed E-state index contributed by atoms with van der Waals surface area (Å²) < 4.78 is 0. The summed E-state index contributed by atoms with van der Waals surface area (Å²) in [6, 6.07) is 7.47. The quantitative estimate of drug-likeness (QED) is 0.499. The highest BCUT2D eigenvalue weighted by molar-refractivity contribution is 7.99. The summed E-state index contributed by atoms with van der Waals surface area (Å²) in [4.78, 5) is 12.8. The molecule has 2 amide bonds. The number of nitrogens with one attached hydrogen (secondary N) is 2. The molecule has 0 aliphatic heterocycles.